The Bertz CT molecular complexity index is 1050. The quantitative estimate of drug-likeness (QED) is 0.483. The Hall–Kier alpha value is -2.51. The van der Waals surface area contributed by atoms with Gasteiger partial charge < -0.3 is 9.64 Å². The minimum atomic E-state index is -0.265. The number of halogens is 1. The lowest BCUT2D eigenvalue weighted by molar-refractivity contribution is -0.131. The van der Waals surface area contributed by atoms with E-state index in [4.69, 9.17) is 16.3 Å². The van der Waals surface area contributed by atoms with Crippen LogP contribution in [0.2, 0.25) is 5.02 Å². The molecule has 1 saturated heterocycles. The monoisotopic (exact) mass is 456 g/mol. The molecule has 1 fully saturated rings. The first-order valence-electron chi connectivity index (χ1n) is 10.4. The van der Waals surface area contributed by atoms with Crippen LogP contribution < -0.4 is 4.74 Å². The summed E-state index contributed by atoms with van der Waals surface area (Å²) in [5.41, 5.74) is 1.70. The molecule has 1 atom stereocenters. The molecule has 1 aliphatic heterocycles. The van der Waals surface area contributed by atoms with Crippen molar-refractivity contribution >= 4 is 29.3 Å². The summed E-state index contributed by atoms with van der Waals surface area (Å²) < 4.78 is 7.51. The lowest BCUT2D eigenvalue weighted by Crippen LogP contribution is -2.40. The molecular formula is C23H25ClN4O2S. The lowest BCUT2D eigenvalue weighted by atomic mass is 10.1. The molecule has 2 aromatic carbocycles. The van der Waals surface area contributed by atoms with Crippen molar-refractivity contribution in [1.82, 2.24) is 19.7 Å². The molecule has 0 N–H and O–H groups in total. The van der Waals surface area contributed by atoms with Crippen molar-refractivity contribution in [3.63, 3.8) is 0 Å². The van der Waals surface area contributed by atoms with E-state index >= 15 is 0 Å². The highest BCUT2D eigenvalue weighted by atomic mass is 35.5. The van der Waals surface area contributed by atoms with Gasteiger partial charge in [-0.05, 0) is 62.6 Å². The van der Waals surface area contributed by atoms with Crippen molar-refractivity contribution in [2.24, 2.45) is 0 Å². The molecule has 8 heteroatoms. The normalized spacial score (nSPS) is 15.0. The zero-order chi connectivity index (χ0) is 21.8. The van der Waals surface area contributed by atoms with Gasteiger partial charge in [-0.2, -0.15) is 0 Å². The van der Waals surface area contributed by atoms with Crippen LogP contribution in [-0.4, -0.2) is 51.0 Å². The number of piperidine rings is 1. The third-order valence-electron chi connectivity index (χ3n) is 5.36. The summed E-state index contributed by atoms with van der Waals surface area (Å²) in [5, 5.41) is 9.96. The average molecular weight is 457 g/mol. The van der Waals surface area contributed by atoms with Gasteiger partial charge in [0.05, 0.1) is 17.9 Å². The standard InChI is InChI=1S/C23H25ClN4O2S/c1-16(22(29)27-14-6-3-7-15-27)31-23-26-25-21(19-8-4-5-9-20(19)30-2)28(23)18-12-10-17(24)11-13-18/h4-5,8-13,16H,3,6-7,14-15H2,1-2H3. The van der Waals surface area contributed by atoms with Crippen molar-refractivity contribution in [3.8, 4) is 22.8 Å². The highest BCUT2D eigenvalue weighted by molar-refractivity contribution is 8.00. The number of aromatic nitrogens is 3. The number of carbonyl (C=O) groups excluding carboxylic acids is 1. The maximum atomic E-state index is 13.0. The molecule has 0 spiro atoms. The SMILES string of the molecule is COc1ccccc1-c1nnc(SC(C)C(=O)N2CCCCC2)n1-c1ccc(Cl)cc1. The van der Waals surface area contributed by atoms with E-state index in [1.165, 1.54) is 18.2 Å². The molecule has 31 heavy (non-hydrogen) atoms. The molecule has 1 unspecified atom stereocenters. The fourth-order valence-corrected chi connectivity index (χ4v) is 4.83. The number of methoxy groups -OCH3 is 1. The maximum Gasteiger partial charge on any atom is 0.235 e. The summed E-state index contributed by atoms with van der Waals surface area (Å²) in [6.07, 6.45) is 3.34. The molecule has 0 saturated carbocycles. The van der Waals surface area contributed by atoms with E-state index in [9.17, 15) is 4.79 Å². The number of carbonyl (C=O) groups is 1. The molecular weight excluding hydrogens is 432 g/mol. The number of para-hydroxylation sites is 1. The molecule has 0 radical (unpaired) electrons. The second-order valence-corrected chi connectivity index (χ2v) is 9.21. The van der Waals surface area contributed by atoms with Crippen molar-refractivity contribution in [1.29, 1.82) is 0 Å². The fraction of sp³-hybridized carbons (Fsp3) is 0.348. The zero-order valence-corrected chi connectivity index (χ0v) is 19.2. The first-order valence-corrected chi connectivity index (χ1v) is 11.6. The molecule has 1 aromatic heterocycles. The summed E-state index contributed by atoms with van der Waals surface area (Å²) in [6.45, 7) is 3.60. The first-order chi connectivity index (χ1) is 15.1. The van der Waals surface area contributed by atoms with E-state index in [0.717, 1.165) is 37.2 Å². The van der Waals surface area contributed by atoms with Crippen molar-refractivity contribution in [2.75, 3.05) is 20.2 Å². The minimum absolute atomic E-state index is 0.147. The predicted molar refractivity (Wildman–Crippen MR) is 124 cm³/mol. The van der Waals surface area contributed by atoms with Gasteiger partial charge in [-0.15, -0.1) is 10.2 Å². The summed E-state index contributed by atoms with van der Waals surface area (Å²) in [5.74, 6) is 1.51. The number of ether oxygens (including phenoxy) is 1. The van der Waals surface area contributed by atoms with Gasteiger partial charge in [0, 0.05) is 23.8 Å². The third kappa shape index (κ3) is 4.72. The van der Waals surface area contributed by atoms with E-state index in [-0.39, 0.29) is 11.2 Å². The third-order valence-corrected chi connectivity index (χ3v) is 6.65. The van der Waals surface area contributed by atoms with E-state index in [2.05, 4.69) is 10.2 Å². The second kappa shape index (κ2) is 9.75. The summed E-state index contributed by atoms with van der Waals surface area (Å²) in [4.78, 5) is 14.9. The van der Waals surface area contributed by atoms with Crippen molar-refractivity contribution in [2.45, 2.75) is 36.6 Å². The second-order valence-electron chi connectivity index (χ2n) is 7.46. The lowest BCUT2D eigenvalue weighted by Gasteiger charge is -2.28. The molecule has 0 bridgehead atoms. The van der Waals surface area contributed by atoms with Gasteiger partial charge in [0.15, 0.2) is 11.0 Å². The number of likely N-dealkylation sites (tertiary alicyclic amines) is 1. The van der Waals surface area contributed by atoms with Crippen LogP contribution in [0, 0.1) is 0 Å². The van der Waals surface area contributed by atoms with Crippen LogP contribution in [0.15, 0.2) is 53.7 Å². The van der Waals surface area contributed by atoms with Crippen molar-refractivity contribution in [3.05, 3.63) is 53.6 Å². The molecule has 0 aliphatic carbocycles. The molecule has 4 rings (SSSR count). The first kappa shape index (κ1) is 21.7. The van der Waals surface area contributed by atoms with Crippen LogP contribution >= 0.6 is 23.4 Å². The van der Waals surface area contributed by atoms with E-state index in [1.807, 2.05) is 64.9 Å². The Kier molecular flexibility index (Phi) is 6.83. The van der Waals surface area contributed by atoms with Crippen LogP contribution in [-0.2, 0) is 4.79 Å². The molecule has 2 heterocycles. The van der Waals surface area contributed by atoms with Gasteiger partial charge >= 0.3 is 0 Å². The number of thioether (sulfide) groups is 1. The topological polar surface area (TPSA) is 60.3 Å². The highest BCUT2D eigenvalue weighted by Gasteiger charge is 2.26. The zero-order valence-electron chi connectivity index (χ0n) is 17.6. The van der Waals surface area contributed by atoms with Crippen LogP contribution in [0.5, 0.6) is 5.75 Å². The number of rotatable bonds is 6. The minimum Gasteiger partial charge on any atom is -0.496 e. The van der Waals surface area contributed by atoms with E-state index in [0.29, 0.717) is 21.8 Å². The van der Waals surface area contributed by atoms with Crippen LogP contribution in [0.25, 0.3) is 17.1 Å². The van der Waals surface area contributed by atoms with Crippen LogP contribution in [0.3, 0.4) is 0 Å². The molecule has 6 nitrogen and oxygen atoms in total. The predicted octanol–water partition coefficient (Wildman–Crippen LogP) is 5.09. The smallest absolute Gasteiger partial charge is 0.235 e. The fourth-order valence-electron chi connectivity index (χ4n) is 3.75. The molecule has 3 aromatic rings. The Morgan fingerprint density at radius 2 is 1.77 bits per heavy atom. The largest absolute Gasteiger partial charge is 0.496 e. The Balaban J connectivity index is 1.71. The number of hydrogen-bond acceptors (Lipinski definition) is 5. The van der Waals surface area contributed by atoms with Gasteiger partial charge in [-0.1, -0.05) is 35.5 Å². The number of hydrogen-bond donors (Lipinski definition) is 0. The van der Waals surface area contributed by atoms with E-state index < -0.39 is 0 Å². The summed E-state index contributed by atoms with van der Waals surface area (Å²) >= 11 is 7.54. The Labute approximate surface area is 191 Å². The van der Waals surface area contributed by atoms with Gasteiger partial charge in [0.2, 0.25) is 5.91 Å². The van der Waals surface area contributed by atoms with Crippen LogP contribution in [0.1, 0.15) is 26.2 Å². The number of benzene rings is 2. The molecule has 162 valence electrons. The summed E-state index contributed by atoms with van der Waals surface area (Å²) in [6, 6.07) is 15.2. The van der Waals surface area contributed by atoms with Crippen molar-refractivity contribution < 1.29 is 9.53 Å². The van der Waals surface area contributed by atoms with Crippen LogP contribution in [0.4, 0.5) is 0 Å². The maximum absolute atomic E-state index is 13.0. The molecule has 1 aliphatic rings. The highest BCUT2D eigenvalue weighted by Crippen LogP contribution is 2.35. The number of amides is 1. The Morgan fingerprint density at radius 3 is 2.48 bits per heavy atom. The Morgan fingerprint density at radius 1 is 1.06 bits per heavy atom. The number of nitrogens with zero attached hydrogens (tertiary/aromatic N) is 4. The van der Waals surface area contributed by atoms with Gasteiger partial charge in [0.25, 0.3) is 0 Å². The average Bonchev–Trinajstić information content (AvgIpc) is 3.22. The molecule has 1 amide bonds. The summed E-state index contributed by atoms with van der Waals surface area (Å²) in [7, 11) is 1.64. The van der Waals surface area contributed by atoms with Gasteiger partial charge in [-0.25, -0.2) is 0 Å². The van der Waals surface area contributed by atoms with Gasteiger partial charge in [0.1, 0.15) is 5.75 Å². The van der Waals surface area contributed by atoms with Gasteiger partial charge in [-0.3, -0.25) is 9.36 Å². The van der Waals surface area contributed by atoms with E-state index in [1.54, 1.807) is 7.11 Å².